The number of nitrogens with one attached hydrogen (secondary N) is 1. The highest BCUT2D eigenvalue weighted by atomic mass is 32.2. The van der Waals surface area contributed by atoms with Crippen LogP contribution in [-0.2, 0) is 16.6 Å². The number of pyridine rings is 1. The van der Waals surface area contributed by atoms with Gasteiger partial charge in [-0.05, 0) is 49.8 Å². The first-order valence-corrected chi connectivity index (χ1v) is 11.7. The summed E-state index contributed by atoms with van der Waals surface area (Å²) in [6.45, 7) is 3.43. The van der Waals surface area contributed by atoms with Crippen LogP contribution in [0.15, 0.2) is 58.1 Å². The number of carbonyl (C=O) groups is 1. The fourth-order valence-electron chi connectivity index (χ4n) is 4.48. The van der Waals surface area contributed by atoms with Gasteiger partial charge < -0.3 is 14.6 Å². The smallest absolute Gasteiger partial charge is 0.287 e. The number of fused-ring (bicyclic) bond motifs is 1. The summed E-state index contributed by atoms with van der Waals surface area (Å²) in [5.41, 5.74) is 1.49. The van der Waals surface area contributed by atoms with E-state index in [2.05, 4.69) is 22.2 Å². The molecule has 2 aliphatic heterocycles. The van der Waals surface area contributed by atoms with Gasteiger partial charge in [-0.3, -0.25) is 9.78 Å². The Balaban J connectivity index is 1.20. The summed E-state index contributed by atoms with van der Waals surface area (Å²) in [4.78, 5) is 18.9. The average Bonchev–Trinajstić information content (AvgIpc) is 3.35. The lowest BCUT2D eigenvalue weighted by Gasteiger charge is -2.46. The molecule has 2 saturated heterocycles. The number of benzene rings is 1. The summed E-state index contributed by atoms with van der Waals surface area (Å²) in [6, 6.07) is 10.1. The van der Waals surface area contributed by atoms with Crippen LogP contribution in [0.2, 0.25) is 0 Å². The van der Waals surface area contributed by atoms with Gasteiger partial charge in [-0.25, -0.2) is 8.42 Å². The molecule has 2 fully saturated rings. The van der Waals surface area contributed by atoms with Crippen molar-refractivity contribution in [1.29, 1.82) is 0 Å². The van der Waals surface area contributed by atoms with Crippen LogP contribution in [-0.4, -0.2) is 61.7 Å². The topological polar surface area (TPSA) is 95.8 Å². The highest BCUT2D eigenvalue weighted by Gasteiger charge is 2.50. The third kappa shape index (κ3) is 3.73. The second-order valence-corrected chi connectivity index (χ2v) is 10.5. The van der Waals surface area contributed by atoms with E-state index in [1.165, 1.54) is 0 Å². The van der Waals surface area contributed by atoms with Gasteiger partial charge in [0.1, 0.15) is 0 Å². The van der Waals surface area contributed by atoms with Crippen molar-refractivity contribution in [2.45, 2.75) is 17.9 Å². The Bertz CT molecular complexity index is 1200. The van der Waals surface area contributed by atoms with Crippen LogP contribution >= 0.6 is 0 Å². The molecule has 5 rings (SSSR count). The number of rotatable bonds is 5. The molecule has 31 heavy (non-hydrogen) atoms. The number of carbonyl (C=O) groups excluding carboxylic acids is 1. The van der Waals surface area contributed by atoms with Crippen molar-refractivity contribution in [2.75, 3.05) is 33.2 Å². The third-order valence-electron chi connectivity index (χ3n) is 6.21. The molecule has 0 unspecified atom stereocenters. The summed E-state index contributed by atoms with van der Waals surface area (Å²) < 4.78 is 32.9. The standard InChI is InChI=1S/C22H24N4O4S/c1-25-9-7-22(13-25)14-26(15-22)31(28,29)18-4-2-16(3-5-18)11-24-21(27)19-10-17-6-8-23-12-20(17)30-19/h2-6,8,10,12H,7,9,11,13-15H2,1H3,(H,24,27). The van der Waals surface area contributed by atoms with Gasteiger partial charge in [-0.1, -0.05) is 12.1 Å². The number of aromatic nitrogens is 1. The van der Waals surface area contributed by atoms with E-state index in [0.717, 1.165) is 30.5 Å². The second-order valence-electron chi connectivity index (χ2n) is 8.61. The second kappa shape index (κ2) is 7.44. The normalized spacial score (nSPS) is 19.0. The predicted molar refractivity (Wildman–Crippen MR) is 115 cm³/mol. The third-order valence-corrected chi connectivity index (χ3v) is 8.02. The number of amides is 1. The molecule has 162 valence electrons. The van der Waals surface area contributed by atoms with Crippen molar-refractivity contribution in [3.05, 3.63) is 60.1 Å². The number of hydrogen-bond donors (Lipinski definition) is 1. The van der Waals surface area contributed by atoms with E-state index < -0.39 is 10.0 Å². The predicted octanol–water partition coefficient (Wildman–Crippen LogP) is 2.08. The summed E-state index contributed by atoms with van der Waals surface area (Å²) in [5.74, 6) is -0.119. The van der Waals surface area contributed by atoms with Gasteiger partial charge in [0.15, 0.2) is 11.3 Å². The van der Waals surface area contributed by atoms with Crippen molar-refractivity contribution in [3.63, 3.8) is 0 Å². The van der Waals surface area contributed by atoms with Gasteiger partial charge in [0.2, 0.25) is 10.0 Å². The Morgan fingerprint density at radius 2 is 1.97 bits per heavy atom. The number of furan rings is 1. The Kier molecular flexibility index (Phi) is 4.84. The highest BCUT2D eigenvalue weighted by molar-refractivity contribution is 7.89. The minimum absolute atomic E-state index is 0.124. The van der Waals surface area contributed by atoms with Gasteiger partial charge in [0, 0.05) is 43.2 Å². The van der Waals surface area contributed by atoms with Crippen LogP contribution in [0, 0.1) is 5.41 Å². The Labute approximate surface area is 180 Å². The molecule has 9 heteroatoms. The lowest BCUT2D eigenvalue weighted by Crippen LogP contribution is -2.59. The molecule has 0 atom stereocenters. The molecule has 0 saturated carbocycles. The van der Waals surface area contributed by atoms with Crippen molar-refractivity contribution >= 4 is 26.9 Å². The minimum Gasteiger partial charge on any atom is -0.449 e. The first-order valence-electron chi connectivity index (χ1n) is 10.2. The van der Waals surface area contributed by atoms with E-state index >= 15 is 0 Å². The van der Waals surface area contributed by atoms with Crippen LogP contribution in [0.25, 0.3) is 11.0 Å². The lowest BCUT2D eigenvalue weighted by molar-refractivity contribution is 0.0812. The Morgan fingerprint density at radius 1 is 1.19 bits per heavy atom. The van der Waals surface area contributed by atoms with Crippen molar-refractivity contribution < 1.29 is 17.6 Å². The number of likely N-dealkylation sites (tertiary alicyclic amines) is 1. The molecule has 0 bridgehead atoms. The van der Waals surface area contributed by atoms with E-state index in [4.69, 9.17) is 4.42 Å². The van der Waals surface area contributed by atoms with Crippen LogP contribution in [0.4, 0.5) is 0 Å². The quantitative estimate of drug-likeness (QED) is 0.653. The Morgan fingerprint density at radius 3 is 2.65 bits per heavy atom. The monoisotopic (exact) mass is 440 g/mol. The lowest BCUT2D eigenvalue weighted by atomic mass is 9.81. The summed E-state index contributed by atoms with van der Waals surface area (Å²) in [5, 5.41) is 3.61. The van der Waals surface area contributed by atoms with E-state index in [0.29, 0.717) is 18.7 Å². The van der Waals surface area contributed by atoms with Crippen LogP contribution in [0.3, 0.4) is 0 Å². The summed E-state index contributed by atoms with van der Waals surface area (Å²) in [6.07, 6.45) is 4.26. The minimum atomic E-state index is -3.48. The van der Waals surface area contributed by atoms with E-state index in [1.54, 1.807) is 53.1 Å². The van der Waals surface area contributed by atoms with E-state index in [-0.39, 0.29) is 28.5 Å². The maximum Gasteiger partial charge on any atom is 0.287 e. The van der Waals surface area contributed by atoms with Crippen LogP contribution in [0.1, 0.15) is 22.5 Å². The molecule has 1 amide bonds. The maximum absolute atomic E-state index is 12.9. The molecule has 1 aromatic carbocycles. The fraction of sp³-hybridized carbons (Fsp3) is 0.364. The van der Waals surface area contributed by atoms with Gasteiger partial charge in [-0.2, -0.15) is 4.31 Å². The zero-order valence-electron chi connectivity index (χ0n) is 17.2. The van der Waals surface area contributed by atoms with E-state index in [1.807, 2.05) is 0 Å². The molecule has 2 aromatic heterocycles. The molecule has 1 spiro atoms. The molecule has 8 nitrogen and oxygen atoms in total. The average molecular weight is 441 g/mol. The molecular formula is C22H24N4O4S. The molecule has 2 aliphatic rings. The van der Waals surface area contributed by atoms with Gasteiger partial charge in [0.25, 0.3) is 5.91 Å². The maximum atomic E-state index is 12.9. The number of nitrogens with zero attached hydrogens (tertiary/aromatic N) is 3. The first-order chi connectivity index (χ1) is 14.8. The zero-order chi connectivity index (χ0) is 21.6. The van der Waals surface area contributed by atoms with Gasteiger partial charge in [-0.15, -0.1) is 0 Å². The highest BCUT2D eigenvalue weighted by Crippen LogP contribution is 2.41. The molecular weight excluding hydrogens is 416 g/mol. The Hall–Kier alpha value is -2.75. The fourth-order valence-corrected chi connectivity index (χ4v) is 6.15. The van der Waals surface area contributed by atoms with Crippen LogP contribution < -0.4 is 5.32 Å². The van der Waals surface area contributed by atoms with E-state index in [9.17, 15) is 13.2 Å². The molecule has 0 radical (unpaired) electrons. The number of sulfonamides is 1. The molecule has 3 aromatic rings. The molecule has 1 N–H and O–H groups in total. The van der Waals surface area contributed by atoms with Gasteiger partial charge in [0.05, 0.1) is 11.1 Å². The summed E-state index contributed by atoms with van der Waals surface area (Å²) >= 11 is 0. The molecule has 0 aliphatic carbocycles. The number of hydrogen-bond acceptors (Lipinski definition) is 6. The molecule has 4 heterocycles. The zero-order valence-corrected chi connectivity index (χ0v) is 18.1. The van der Waals surface area contributed by atoms with Crippen LogP contribution in [0.5, 0.6) is 0 Å². The van der Waals surface area contributed by atoms with Gasteiger partial charge >= 0.3 is 0 Å². The summed E-state index contributed by atoms with van der Waals surface area (Å²) in [7, 11) is -1.40. The van der Waals surface area contributed by atoms with Crippen molar-refractivity contribution in [2.24, 2.45) is 5.41 Å². The SMILES string of the molecule is CN1CCC2(C1)CN(S(=O)(=O)c1ccc(CNC(=O)c3cc4ccncc4o3)cc1)C2. The van der Waals surface area contributed by atoms with Crippen molar-refractivity contribution in [3.8, 4) is 0 Å². The largest absolute Gasteiger partial charge is 0.449 e. The van der Waals surface area contributed by atoms with Crippen molar-refractivity contribution in [1.82, 2.24) is 19.5 Å². The first kappa shape index (κ1) is 20.2.